The molecule has 3 heterocycles. The van der Waals surface area contributed by atoms with Gasteiger partial charge in [0.25, 0.3) is 0 Å². The summed E-state index contributed by atoms with van der Waals surface area (Å²) in [5.74, 6) is 1.51. The molecule has 3 N–H and O–H groups in total. The molecule has 1 saturated heterocycles. The molecule has 3 aliphatic rings. The molecule has 194 valence electrons. The van der Waals surface area contributed by atoms with Crippen LogP contribution in [0, 0.1) is 33.5 Å². The number of halogens is 1. The van der Waals surface area contributed by atoms with Gasteiger partial charge >= 0.3 is 0 Å². The van der Waals surface area contributed by atoms with E-state index in [1.54, 1.807) is 6.20 Å². The molecule has 8 nitrogen and oxygen atoms in total. The molecule has 0 unspecified atom stereocenters. The topological polar surface area (TPSA) is 119 Å². The molecule has 5 rings (SSSR count). The zero-order chi connectivity index (χ0) is 25.7. The van der Waals surface area contributed by atoms with E-state index in [9.17, 15) is 10.5 Å². The van der Waals surface area contributed by atoms with Gasteiger partial charge < -0.3 is 20.7 Å². The van der Waals surface area contributed by atoms with Crippen molar-refractivity contribution in [2.24, 2.45) is 10.8 Å². The average molecular weight is 520 g/mol. The number of aromatic nitrogens is 2. The van der Waals surface area contributed by atoms with Gasteiger partial charge in [0.15, 0.2) is 0 Å². The van der Waals surface area contributed by atoms with Crippen LogP contribution in [0.1, 0.15) is 51.4 Å². The molecule has 0 amide bonds. The fourth-order valence-corrected chi connectivity index (χ4v) is 5.42. The molecule has 0 radical (unpaired) electrons. The van der Waals surface area contributed by atoms with Gasteiger partial charge in [-0.15, -0.1) is 0 Å². The lowest BCUT2D eigenvalue weighted by molar-refractivity contribution is 0.0455. The van der Waals surface area contributed by atoms with Crippen molar-refractivity contribution in [2.45, 2.75) is 63.5 Å². The van der Waals surface area contributed by atoms with Gasteiger partial charge in [-0.3, -0.25) is 0 Å². The van der Waals surface area contributed by atoms with Gasteiger partial charge in [-0.1, -0.05) is 17.7 Å². The van der Waals surface area contributed by atoms with Crippen LogP contribution in [0.5, 0.6) is 0 Å². The van der Waals surface area contributed by atoms with Gasteiger partial charge in [0.1, 0.15) is 11.6 Å². The highest BCUT2D eigenvalue weighted by Gasteiger charge is 2.43. The quantitative estimate of drug-likeness (QED) is 0.416. The minimum Gasteiger partial charge on any atom is -0.381 e. The van der Waals surface area contributed by atoms with Crippen molar-refractivity contribution < 1.29 is 4.74 Å². The van der Waals surface area contributed by atoms with Crippen molar-refractivity contribution in [3.8, 4) is 23.4 Å². The van der Waals surface area contributed by atoms with Crippen molar-refractivity contribution in [2.75, 3.05) is 36.9 Å². The van der Waals surface area contributed by atoms with Crippen molar-refractivity contribution in [3.63, 3.8) is 0 Å². The summed E-state index contributed by atoms with van der Waals surface area (Å²) in [4.78, 5) is 9.30. The minimum atomic E-state index is -0.426. The van der Waals surface area contributed by atoms with E-state index in [1.165, 1.54) is 0 Å². The molecule has 37 heavy (non-hydrogen) atoms. The first-order valence-electron chi connectivity index (χ1n) is 13.3. The second-order valence-corrected chi connectivity index (χ2v) is 11.2. The Bertz CT molecular complexity index is 1170. The zero-order valence-electron chi connectivity index (χ0n) is 21.1. The number of nitrogens with zero attached hydrogens (tertiary/aromatic N) is 4. The van der Waals surface area contributed by atoms with E-state index in [0.717, 1.165) is 80.8 Å². The Balaban J connectivity index is 1.18. The highest BCUT2D eigenvalue weighted by Crippen LogP contribution is 2.44. The van der Waals surface area contributed by atoms with Gasteiger partial charge in [-0.25, -0.2) is 9.97 Å². The Kier molecular flexibility index (Phi) is 7.81. The van der Waals surface area contributed by atoms with Crippen LogP contribution in [0.4, 0.5) is 11.6 Å². The van der Waals surface area contributed by atoms with E-state index in [2.05, 4.69) is 33.1 Å². The van der Waals surface area contributed by atoms with Gasteiger partial charge in [0.2, 0.25) is 0 Å². The average Bonchev–Trinajstić information content (AvgIpc) is 3.74. The standard InChI is InChI=1S/C28H34ClN7O/c29-23-15-32-26(35-21-6-4-20(5-7-21)33-18-27(16-30)8-9-27)14-22(23)24-2-1-3-25(36-24)34-19-28(17-31)10-12-37-13-11-28/h1-3,14-15,20-21,33H,4-13,18-19H2,(H,32,35)(H,34,36). The third kappa shape index (κ3) is 6.33. The van der Waals surface area contributed by atoms with Crippen molar-refractivity contribution in [3.05, 3.63) is 35.5 Å². The molecule has 0 bridgehead atoms. The van der Waals surface area contributed by atoms with Crippen LogP contribution in [-0.4, -0.2) is 48.4 Å². The molecule has 0 spiro atoms. The molecule has 1 aliphatic heterocycles. The van der Waals surface area contributed by atoms with Gasteiger partial charge in [0.05, 0.1) is 33.7 Å². The Morgan fingerprint density at radius 2 is 1.65 bits per heavy atom. The lowest BCUT2D eigenvalue weighted by Crippen LogP contribution is -2.39. The van der Waals surface area contributed by atoms with Crippen LogP contribution in [0.25, 0.3) is 11.3 Å². The second kappa shape index (κ2) is 11.2. The van der Waals surface area contributed by atoms with Crippen molar-refractivity contribution in [1.82, 2.24) is 15.3 Å². The zero-order valence-corrected chi connectivity index (χ0v) is 21.9. The lowest BCUT2D eigenvalue weighted by atomic mass is 9.82. The predicted molar refractivity (Wildman–Crippen MR) is 144 cm³/mol. The number of anilines is 2. The highest BCUT2D eigenvalue weighted by atomic mass is 35.5. The molecule has 2 aliphatic carbocycles. The number of nitriles is 2. The van der Waals surface area contributed by atoms with Crippen LogP contribution in [0.15, 0.2) is 30.5 Å². The largest absolute Gasteiger partial charge is 0.381 e. The van der Waals surface area contributed by atoms with E-state index in [0.29, 0.717) is 36.9 Å². The fraction of sp³-hybridized carbons (Fsp3) is 0.571. The molecule has 3 fully saturated rings. The van der Waals surface area contributed by atoms with E-state index in [1.807, 2.05) is 24.3 Å². The predicted octanol–water partition coefficient (Wildman–Crippen LogP) is 5.15. The van der Waals surface area contributed by atoms with Crippen molar-refractivity contribution >= 4 is 23.2 Å². The third-order valence-corrected chi connectivity index (χ3v) is 8.38. The highest BCUT2D eigenvalue weighted by molar-refractivity contribution is 6.33. The second-order valence-electron chi connectivity index (χ2n) is 10.8. The molecular weight excluding hydrogens is 486 g/mol. The maximum Gasteiger partial charge on any atom is 0.126 e. The minimum absolute atomic E-state index is 0.0957. The summed E-state index contributed by atoms with van der Waals surface area (Å²) >= 11 is 6.54. The lowest BCUT2D eigenvalue weighted by Gasteiger charge is -2.31. The first-order valence-corrected chi connectivity index (χ1v) is 13.7. The Hall–Kier alpha value is -2.91. The van der Waals surface area contributed by atoms with Gasteiger partial charge in [0, 0.05) is 50.1 Å². The molecule has 2 aromatic heterocycles. The Morgan fingerprint density at radius 3 is 2.35 bits per heavy atom. The summed E-state index contributed by atoms with van der Waals surface area (Å²) in [7, 11) is 0. The first kappa shape index (κ1) is 25.7. The maximum absolute atomic E-state index is 9.73. The Labute approximate surface area is 223 Å². The van der Waals surface area contributed by atoms with Crippen LogP contribution in [-0.2, 0) is 4.74 Å². The molecular formula is C28H34ClN7O. The van der Waals surface area contributed by atoms with E-state index >= 15 is 0 Å². The molecule has 0 aromatic carbocycles. The summed E-state index contributed by atoms with van der Waals surface area (Å²) in [5.41, 5.74) is 1.07. The fourth-order valence-electron chi connectivity index (χ4n) is 5.22. The smallest absolute Gasteiger partial charge is 0.126 e. The summed E-state index contributed by atoms with van der Waals surface area (Å²) < 4.78 is 5.43. The summed E-state index contributed by atoms with van der Waals surface area (Å²) in [6.45, 7) is 2.59. The Morgan fingerprint density at radius 1 is 0.946 bits per heavy atom. The number of nitrogens with one attached hydrogen (secondary N) is 3. The molecule has 2 aromatic rings. The summed E-state index contributed by atoms with van der Waals surface area (Å²) in [6.07, 6.45) is 9.47. The number of hydrogen-bond donors (Lipinski definition) is 3. The van der Waals surface area contributed by atoms with Crippen LogP contribution >= 0.6 is 11.6 Å². The van der Waals surface area contributed by atoms with Crippen LogP contribution in [0.3, 0.4) is 0 Å². The summed E-state index contributed by atoms with van der Waals surface area (Å²) in [5, 5.41) is 30.1. The molecule has 0 atom stereocenters. The van der Waals surface area contributed by atoms with Gasteiger partial charge in [-0.05, 0) is 69.6 Å². The monoisotopic (exact) mass is 519 g/mol. The van der Waals surface area contributed by atoms with Crippen LogP contribution < -0.4 is 16.0 Å². The summed E-state index contributed by atoms with van der Waals surface area (Å²) in [6, 6.07) is 13.6. The van der Waals surface area contributed by atoms with E-state index in [4.69, 9.17) is 21.3 Å². The number of hydrogen-bond acceptors (Lipinski definition) is 8. The van der Waals surface area contributed by atoms with Crippen molar-refractivity contribution in [1.29, 1.82) is 10.5 Å². The number of rotatable bonds is 9. The normalized spacial score (nSPS) is 23.9. The van der Waals surface area contributed by atoms with Crippen LogP contribution in [0.2, 0.25) is 5.02 Å². The molecule has 9 heteroatoms. The van der Waals surface area contributed by atoms with Gasteiger partial charge in [-0.2, -0.15) is 10.5 Å². The SMILES string of the molecule is N#CC1(CNc2cccc(-c3cc(NC4CCC(NCC5(C#N)CC5)CC4)ncc3Cl)n2)CCOCC1. The maximum atomic E-state index is 9.73. The number of ether oxygens (including phenoxy) is 1. The third-order valence-electron chi connectivity index (χ3n) is 8.07. The van der Waals surface area contributed by atoms with E-state index < -0.39 is 5.41 Å². The van der Waals surface area contributed by atoms with E-state index in [-0.39, 0.29) is 5.41 Å². The number of pyridine rings is 2. The first-order chi connectivity index (χ1) is 18.0. The molecule has 2 saturated carbocycles.